The van der Waals surface area contributed by atoms with Crippen molar-refractivity contribution in [3.8, 4) is 5.75 Å². The van der Waals surface area contributed by atoms with Crippen molar-refractivity contribution in [3.63, 3.8) is 0 Å². The van der Waals surface area contributed by atoms with Crippen molar-refractivity contribution in [3.05, 3.63) is 57.6 Å². The number of nitrogens with one attached hydrogen (secondary N) is 1. The van der Waals surface area contributed by atoms with Crippen LogP contribution < -0.4 is 10.1 Å². The van der Waals surface area contributed by atoms with E-state index in [0.717, 1.165) is 42.0 Å². The maximum atomic E-state index is 12.6. The van der Waals surface area contributed by atoms with Crippen LogP contribution in [0.3, 0.4) is 0 Å². The summed E-state index contributed by atoms with van der Waals surface area (Å²) in [6, 6.07) is 11.6. The minimum atomic E-state index is -0.116. The molecular formula is C21H25BrN2O2. The number of hydrogen-bond donors (Lipinski definition) is 1. The summed E-state index contributed by atoms with van der Waals surface area (Å²) in [7, 11) is 0. The number of rotatable bonds is 6. The van der Waals surface area contributed by atoms with Crippen LogP contribution >= 0.6 is 15.9 Å². The lowest BCUT2D eigenvalue weighted by Gasteiger charge is -2.28. The molecule has 26 heavy (non-hydrogen) atoms. The molecule has 0 saturated heterocycles. The van der Waals surface area contributed by atoms with Gasteiger partial charge in [0.25, 0.3) is 5.91 Å². The first-order valence-electron chi connectivity index (χ1n) is 9.18. The highest BCUT2D eigenvalue weighted by Crippen LogP contribution is 2.27. The molecule has 0 fully saturated rings. The number of benzene rings is 2. The third kappa shape index (κ3) is 4.46. The number of fused-ring (bicyclic) bond motifs is 1. The summed E-state index contributed by atoms with van der Waals surface area (Å²) in [4.78, 5) is 15.1. The van der Waals surface area contributed by atoms with E-state index in [1.54, 1.807) is 12.1 Å². The predicted molar refractivity (Wildman–Crippen MR) is 109 cm³/mol. The Morgan fingerprint density at radius 2 is 2.04 bits per heavy atom. The summed E-state index contributed by atoms with van der Waals surface area (Å²) in [6.07, 6.45) is 2.24. The summed E-state index contributed by atoms with van der Waals surface area (Å²) < 4.78 is 6.28. The molecule has 0 unspecified atom stereocenters. The van der Waals surface area contributed by atoms with Crippen LogP contribution in [0, 0.1) is 0 Å². The van der Waals surface area contributed by atoms with E-state index in [1.807, 2.05) is 19.1 Å². The second-order valence-corrected chi connectivity index (χ2v) is 7.40. The van der Waals surface area contributed by atoms with Gasteiger partial charge in [0.05, 0.1) is 11.1 Å². The van der Waals surface area contributed by atoms with Crippen LogP contribution in [0.4, 0.5) is 5.69 Å². The van der Waals surface area contributed by atoms with E-state index >= 15 is 0 Å². The number of carbonyl (C=O) groups excluding carboxylic acids is 1. The first-order valence-corrected chi connectivity index (χ1v) is 9.97. The van der Waals surface area contributed by atoms with Gasteiger partial charge in [-0.1, -0.05) is 13.0 Å². The van der Waals surface area contributed by atoms with Crippen molar-refractivity contribution >= 4 is 27.5 Å². The fourth-order valence-corrected chi connectivity index (χ4v) is 3.81. The molecule has 0 radical (unpaired) electrons. The largest absolute Gasteiger partial charge is 0.493 e. The van der Waals surface area contributed by atoms with Gasteiger partial charge in [0.15, 0.2) is 0 Å². The van der Waals surface area contributed by atoms with Gasteiger partial charge in [-0.15, -0.1) is 0 Å². The maximum absolute atomic E-state index is 12.6. The predicted octanol–water partition coefficient (Wildman–Crippen LogP) is 4.87. The smallest absolute Gasteiger partial charge is 0.255 e. The summed E-state index contributed by atoms with van der Waals surface area (Å²) >= 11 is 3.46. The Morgan fingerprint density at radius 1 is 1.19 bits per heavy atom. The fourth-order valence-electron chi connectivity index (χ4n) is 3.32. The number of amides is 1. The zero-order valence-electron chi connectivity index (χ0n) is 15.3. The number of ether oxygens (including phenoxy) is 1. The summed E-state index contributed by atoms with van der Waals surface area (Å²) in [5, 5.41) is 3.01. The molecule has 0 saturated carbocycles. The quantitative estimate of drug-likeness (QED) is 0.730. The standard InChI is InChI=1S/C21H25BrN2O2/c1-3-10-24-11-9-15-5-7-18(12-17(15)14-24)23-21(25)16-6-8-20(26-4-2)19(22)13-16/h5-8,12-13H,3-4,9-11,14H2,1-2H3,(H,23,25). The molecule has 0 atom stereocenters. The Labute approximate surface area is 163 Å². The van der Waals surface area contributed by atoms with Gasteiger partial charge in [-0.2, -0.15) is 0 Å². The molecule has 1 amide bonds. The third-order valence-electron chi connectivity index (χ3n) is 4.59. The van der Waals surface area contributed by atoms with Crippen LogP contribution in [-0.2, 0) is 13.0 Å². The fraction of sp³-hybridized carbons (Fsp3) is 0.381. The highest BCUT2D eigenvalue weighted by Gasteiger charge is 2.16. The number of hydrogen-bond acceptors (Lipinski definition) is 3. The van der Waals surface area contributed by atoms with Crippen LogP contribution in [0.25, 0.3) is 0 Å². The van der Waals surface area contributed by atoms with E-state index in [9.17, 15) is 4.79 Å². The highest BCUT2D eigenvalue weighted by molar-refractivity contribution is 9.10. The lowest BCUT2D eigenvalue weighted by molar-refractivity contribution is 0.102. The van der Waals surface area contributed by atoms with Crippen molar-refractivity contribution in [2.75, 3.05) is 25.0 Å². The van der Waals surface area contributed by atoms with Gasteiger partial charge >= 0.3 is 0 Å². The molecule has 4 nitrogen and oxygen atoms in total. The Bertz CT molecular complexity index is 792. The lowest BCUT2D eigenvalue weighted by Crippen LogP contribution is -2.31. The molecule has 3 rings (SSSR count). The molecule has 1 aliphatic rings. The van der Waals surface area contributed by atoms with E-state index < -0.39 is 0 Å². The second kappa shape index (κ2) is 8.69. The minimum Gasteiger partial charge on any atom is -0.493 e. The van der Waals surface area contributed by atoms with Crippen LogP contribution in [0.5, 0.6) is 5.75 Å². The molecule has 1 N–H and O–H groups in total. The van der Waals surface area contributed by atoms with E-state index in [2.05, 4.69) is 45.2 Å². The normalized spacial score (nSPS) is 14.0. The minimum absolute atomic E-state index is 0.116. The average molecular weight is 417 g/mol. The molecule has 0 spiro atoms. The van der Waals surface area contributed by atoms with Gasteiger partial charge in [-0.25, -0.2) is 0 Å². The number of anilines is 1. The molecule has 5 heteroatoms. The maximum Gasteiger partial charge on any atom is 0.255 e. The number of nitrogens with zero attached hydrogens (tertiary/aromatic N) is 1. The van der Waals surface area contributed by atoms with Gasteiger partial charge in [-0.3, -0.25) is 9.69 Å². The van der Waals surface area contributed by atoms with Crippen molar-refractivity contribution in [2.24, 2.45) is 0 Å². The average Bonchev–Trinajstić information content (AvgIpc) is 2.63. The van der Waals surface area contributed by atoms with E-state index in [4.69, 9.17) is 4.74 Å². The van der Waals surface area contributed by atoms with Crippen molar-refractivity contribution in [2.45, 2.75) is 33.2 Å². The molecule has 138 valence electrons. The molecule has 0 bridgehead atoms. The Balaban J connectivity index is 1.72. The van der Waals surface area contributed by atoms with Crippen LogP contribution in [0.2, 0.25) is 0 Å². The Morgan fingerprint density at radius 3 is 2.77 bits per heavy atom. The SMILES string of the molecule is CCCN1CCc2ccc(NC(=O)c3ccc(OCC)c(Br)c3)cc2C1. The van der Waals surface area contributed by atoms with E-state index in [0.29, 0.717) is 12.2 Å². The third-order valence-corrected chi connectivity index (χ3v) is 5.21. The van der Waals surface area contributed by atoms with Crippen LogP contribution in [0.15, 0.2) is 40.9 Å². The van der Waals surface area contributed by atoms with Gasteiger partial charge in [-0.05, 0) is 83.7 Å². The highest BCUT2D eigenvalue weighted by atomic mass is 79.9. The van der Waals surface area contributed by atoms with E-state index in [1.165, 1.54) is 17.5 Å². The van der Waals surface area contributed by atoms with Gasteiger partial charge in [0.1, 0.15) is 5.75 Å². The second-order valence-electron chi connectivity index (χ2n) is 6.54. The number of halogens is 1. The summed E-state index contributed by atoms with van der Waals surface area (Å²) in [5.41, 5.74) is 4.15. The topological polar surface area (TPSA) is 41.6 Å². The molecule has 0 aromatic heterocycles. The molecule has 2 aromatic carbocycles. The van der Waals surface area contributed by atoms with E-state index in [-0.39, 0.29) is 5.91 Å². The number of carbonyl (C=O) groups is 1. The molecule has 0 aliphatic carbocycles. The summed E-state index contributed by atoms with van der Waals surface area (Å²) in [5.74, 6) is 0.628. The zero-order chi connectivity index (χ0) is 18.5. The Kier molecular flexibility index (Phi) is 6.33. The molecular weight excluding hydrogens is 392 g/mol. The van der Waals surface area contributed by atoms with Crippen molar-refractivity contribution in [1.82, 2.24) is 4.90 Å². The van der Waals surface area contributed by atoms with Gasteiger partial charge < -0.3 is 10.1 Å². The Hall–Kier alpha value is -1.85. The monoisotopic (exact) mass is 416 g/mol. The molecule has 2 aromatic rings. The van der Waals surface area contributed by atoms with Crippen LogP contribution in [-0.4, -0.2) is 30.5 Å². The molecule has 1 aliphatic heterocycles. The van der Waals surface area contributed by atoms with Crippen LogP contribution in [0.1, 0.15) is 41.8 Å². The zero-order valence-corrected chi connectivity index (χ0v) is 16.9. The van der Waals surface area contributed by atoms with Gasteiger partial charge in [0, 0.05) is 24.3 Å². The first-order chi connectivity index (χ1) is 12.6. The first kappa shape index (κ1) is 18.9. The van der Waals surface area contributed by atoms with Gasteiger partial charge in [0.2, 0.25) is 0 Å². The lowest BCUT2D eigenvalue weighted by atomic mass is 9.99. The molecule has 1 heterocycles. The van der Waals surface area contributed by atoms with Crippen molar-refractivity contribution in [1.29, 1.82) is 0 Å². The summed E-state index contributed by atoms with van der Waals surface area (Å²) in [6.45, 7) is 7.94. The van der Waals surface area contributed by atoms with Crippen molar-refractivity contribution < 1.29 is 9.53 Å².